The molecule has 0 aliphatic carbocycles. The van der Waals surface area contributed by atoms with Crippen molar-refractivity contribution in [2.75, 3.05) is 13.7 Å². The Morgan fingerprint density at radius 1 is 1.09 bits per heavy atom. The first-order valence-corrected chi connectivity index (χ1v) is 9.82. The summed E-state index contributed by atoms with van der Waals surface area (Å²) in [5.74, 6) is 0.400. The molecule has 1 N–H and O–H groups in total. The maximum absolute atomic E-state index is 12.4. The Bertz CT molecular complexity index is 1150. The largest absolute Gasteiger partial charge is 0.497 e. The molecule has 0 saturated heterocycles. The quantitative estimate of drug-likeness (QED) is 0.519. The predicted molar refractivity (Wildman–Crippen MR) is 112 cm³/mol. The summed E-state index contributed by atoms with van der Waals surface area (Å²) in [6.45, 7) is 0.643. The van der Waals surface area contributed by atoms with Crippen molar-refractivity contribution in [3.63, 3.8) is 0 Å². The smallest absolute Gasteiger partial charge is 0.422 e. The van der Waals surface area contributed by atoms with Gasteiger partial charge in [0.15, 0.2) is 6.61 Å². The molecule has 0 spiro atoms. The van der Waals surface area contributed by atoms with Crippen molar-refractivity contribution in [2.45, 2.75) is 32.5 Å². The summed E-state index contributed by atoms with van der Waals surface area (Å²) in [5, 5.41) is 3.50. The van der Waals surface area contributed by atoms with Crippen LogP contribution in [-0.4, -0.2) is 25.8 Å². The van der Waals surface area contributed by atoms with E-state index in [1.165, 1.54) is 19.2 Å². The van der Waals surface area contributed by atoms with Crippen molar-refractivity contribution in [1.82, 2.24) is 5.32 Å². The van der Waals surface area contributed by atoms with Crippen molar-refractivity contribution in [1.29, 1.82) is 0 Å². The number of rotatable bonds is 8. The van der Waals surface area contributed by atoms with Crippen LogP contribution in [0.25, 0.3) is 11.0 Å². The molecular formula is C23H22F3NO5. The average molecular weight is 449 g/mol. The van der Waals surface area contributed by atoms with Gasteiger partial charge in [0.1, 0.15) is 17.1 Å². The molecule has 0 aliphatic rings. The van der Waals surface area contributed by atoms with Crippen LogP contribution in [0.5, 0.6) is 11.5 Å². The third-order valence-corrected chi connectivity index (χ3v) is 4.91. The highest BCUT2D eigenvalue weighted by atomic mass is 19.4. The van der Waals surface area contributed by atoms with Gasteiger partial charge in [0, 0.05) is 30.0 Å². The number of hydrogen-bond donors (Lipinski definition) is 1. The van der Waals surface area contributed by atoms with Crippen LogP contribution < -0.4 is 20.4 Å². The molecule has 2 aromatic carbocycles. The third-order valence-electron chi connectivity index (χ3n) is 4.91. The second-order valence-electron chi connectivity index (χ2n) is 7.18. The lowest BCUT2D eigenvalue weighted by Gasteiger charge is -2.10. The number of carbonyl (C=O) groups excluding carboxylic acids is 1. The molecule has 0 saturated carbocycles. The zero-order valence-electron chi connectivity index (χ0n) is 17.5. The van der Waals surface area contributed by atoms with Crippen LogP contribution >= 0.6 is 0 Å². The summed E-state index contributed by atoms with van der Waals surface area (Å²) in [4.78, 5) is 24.6. The number of nitrogens with one attached hydrogen (secondary N) is 1. The predicted octanol–water partition coefficient (Wildman–Crippen LogP) is 4.30. The number of aryl methyl sites for hydroxylation is 1. The van der Waals surface area contributed by atoms with Crippen LogP contribution in [-0.2, 0) is 17.8 Å². The standard InChI is InChI=1S/C23H22F3NO5/c1-14-18-8-7-17(30-2)11-20(18)32-22(29)19(14)9-10-21(28)27-12-15-3-5-16(6-4-15)31-13-23(24,25)26/h3-8,11H,9-10,12-13H2,1-2H3,(H,27,28). The van der Waals surface area contributed by atoms with Gasteiger partial charge in [-0.1, -0.05) is 12.1 Å². The Morgan fingerprint density at radius 2 is 1.78 bits per heavy atom. The lowest BCUT2D eigenvalue weighted by atomic mass is 10.0. The number of halogens is 3. The number of carbonyl (C=O) groups is 1. The molecule has 0 radical (unpaired) electrons. The second kappa shape index (κ2) is 9.76. The normalized spacial score (nSPS) is 11.4. The Kier molecular flexibility index (Phi) is 7.07. The molecule has 0 aliphatic heterocycles. The molecule has 170 valence electrons. The Morgan fingerprint density at radius 3 is 2.44 bits per heavy atom. The van der Waals surface area contributed by atoms with Gasteiger partial charge in [0.2, 0.25) is 5.91 Å². The fourth-order valence-electron chi connectivity index (χ4n) is 3.19. The van der Waals surface area contributed by atoms with Gasteiger partial charge < -0.3 is 19.2 Å². The zero-order valence-corrected chi connectivity index (χ0v) is 17.5. The second-order valence-corrected chi connectivity index (χ2v) is 7.18. The van der Waals surface area contributed by atoms with Crippen LogP contribution in [0, 0.1) is 6.92 Å². The molecule has 9 heteroatoms. The molecule has 3 aromatic rings. The summed E-state index contributed by atoms with van der Waals surface area (Å²) < 4.78 is 51.7. The first-order chi connectivity index (χ1) is 15.2. The number of fused-ring (bicyclic) bond motifs is 1. The van der Waals surface area contributed by atoms with Crippen molar-refractivity contribution in [3.8, 4) is 11.5 Å². The topological polar surface area (TPSA) is 77.8 Å². The molecule has 1 heterocycles. The molecule has 0 atom stereocenters. The minimum absolute atomic E-state index is 0.0834. The summed E-state index contributed by atoms with van der Waals surface area (Å²) in [6.07, 6.45) is -4.10. The fourth-order valence-corrected chi connectivity index (χ4v) is 3.19. The monoisotopic (exact) mass is 449 g/mol. The Labute approximate surface area is 181 Å². The van der Waals surface area contributed by atoms with E-state index in [9.17, 15) is 22.8 Å². The SMILES string of the molecule is COc1ccc2c(C)c(CCC(=O)NCc3ccc(OCC(F)(F)F)cc3)c(=O)oc2c1. The molecule has 1 aromatic heterocycles. The van der Waals surface area contributed by atoms with Gasteiger partial charge in [-0.05, 0) is 48.7 Å². The van der Waals surface area contributed by atoms with Crippen LogP contribution in [0.2, 0.25) is 0 Å². The maximum atomic E-state index is 12.4. The lowest BCUT2D eigenvalue weighted by Crippen LogP contribution is -2.24. The summed E-state index contributed by atoms with van der Waals surface area (Å²) in [7, 11) is 1.52. The van der Waals surface area contributed by atoms with Crippen molar-refractivity contribution in [3.05, 3.63) is 69.6 Å². The molecule has 6 nitrogen and oxygen atoms in total. The highest BCUT2D eigenvalue weighted by molar-refractivity contribution is 5.82. The van der Waals surface area contributed by atoms with Crippen molar-refractivity contribution >= 4 is 16.9 Å². The van der Waals surface area contributed by atoms with Gasteiger partial charge >= 0.3 is 11.8 Å². The average Bonchev–Trinajstić information content (AvgIpc) is 2.75. The third kappa shape index (κ3) is 6.03. The highest BCUT2D eigenvalue weighted by Gasteiger charge is 2.28. The van der Waals surface area contributed by atoms with Gasteiger partial charge in [0.25, 0.3) is 0 Å². The molecule has 0 fully saturated rings. The van der Waals surface area contributed by atoms with Gasteiger partial charge in [-0.15, -0.1) is 0 Å². The van der Waals surface area contributed by atoms with Crippen molar-refractivity contribution < 1.29 is 31.9 Å². The van der Waals surface area contributed by atoms with E-state index in [2.05, 4.69) is 10.1 Å². The van der Waals surface area contributed by atoms with Gasteiger partial charge in [-0.3, -0.25) is 4.79 Å². The fraction of sp³-hybridized carbons (Fsp3) is 0.304. The van der Waals surface area contributed by atoms with Gasteiger partial charge in [0.05, 0.1) is 7.11 Å². The minimum Gasteiger partial charge on any atom is -0.497 e. The van der Waals surface area contributed by atoms with E-state index >= 15 is 0 Å². The van der Waals surface area contributed by atoms with E-state index in [0.29, 0.717) is 22.5 Å². The number of ether oxygens (including phenoxy) is 2. The van der Waals surface area contributed by atoms with Gasteiger partial charge in [-0.25, -0.2) is 4.79 Å². The Hall–Kier alpha value is -3.49. The van der Waals surface area contributed by atoms with Crippen LogP contribution in [0.3, 0.4) is 0 Å². The minimum atomic E-state index is -4.40. The molecule has 0 bridgehead atoms. The van der Waals surface area contributed by atoms with E-state index in [4.69, 9.17) is 9.15 Å². The van der Waals surface area contributed by atoms with Crippen molar-refractivity contribution in [2.24, 2.45) is 0 Å². The van der Waals surface area contributed by atoms with Crippen LogP contribution in [0.15, 0.2) is 51.7 Å². The molecule has 3 rings (SSSR count). The highest BCUT2D eigenvalue weighted by Crippen LogP contribution is 2.24. The van der Waals surface area contributed by atoms with E-state index in [1.807, 2.05) is 0 Å². The number of benzene rings is 2. The maximum Gasteiger partial charge on any atom is 0.422 e. The Balaban J connectivity index is 1.56. The number of methoxy groups -OCH3 is 1. The van der Waals surface area contributed by atoms with Crippen LogP contribution in [0.4, 0.5) is 13.2 Å². The number of hydrogen-bond acceptors (Lipinski definition) is 5. The van der Waals surface area contributed by atoms with E-state index in [0.717, 1.165) is 10.9 Å². The van der Waals surface area contributed by atoms with E-state index in [1.54, 1.807) is 37.3 Å². The van der Waals surface area contributed by atoms with E-state index in [-0.39, 0.29) is 31.0 Å². The summed E-state index contributed by atoms with van der Waals surface area (Å²) in [6, 6.07) is 11.2. The molecular weight excluding hydrogens is 427 g/mol. The molecule has 0 unspecified atom stereocenters. The van der Waals surface area contributed by atoms with Crippen LogP contribution in [0.1, 0.15) is 23.1 Å². The first-order valence-electron chi connectivity index (χ1n) is 9.82. The summed E-state index contributed by atoms with van der Waals surface area (Å²) >= 11 is 0. The zero-order chi connectivity index (χ0) is 23.3. The number of amides is 1. The summed E-state index contributed by atoms with van der Waals surface area (Å²) in [5.41, 5.74) is 1.81. The van der Waals surface area contributed by atoms with Gasteiger partial charge in [-0.2, -0.15) is 13.2 Å². The number of alkyl halides is 3. The molecule has 1 amide bonds. The van der Waals surface area contributed by atoms with E-state index < -0.39 is 18.4 Å². The molecule has 32 heavy (non-hydrogen) atoms. The lowest BCUT2D eigenvalue weighted by molar-refractivity contribution is -0.153. The first kappa shape index (κ1) is 23.2.